The molecule has 0 bridgehead atoms. The van der Waals surface area contributed by atoms with Crippen molar-refractivity contribution in [2.75, 3.05) is 12.4 Å². The van der Waals surface area contributed by atoms with Gasteiger partial charge >= 0.3 is 0 Å². The van der Waals surface area contributed by atoms with Crippen LogP contribution in [0.2, 0.25) is 5.02 Å². The summed E-state index contributed by atoms with van der Waals surface area (Å²) in [5.41, 5.74) is 8.93. The number of carbonyl (C=O) groups is 1. The first-order valence-electron chi connectivity index (χ1n) is 7.58. The highest BCUT2D eigenvalue weighted by atomic mass is 35.5. The van der Waals surface area contributed by atoms with E-state index in [1.165, 1.54) is 0 Å². The van der Waals surface area contributed by atoms with E-state index in [9.17, 15) is 4.79 Å². The summed E-state index contributed by atoms with van der Waals surface area (Å²) >= 11 is 6.10. The maximum atomic E-state index is 12.4. The second kappa shape index (κ2) is 7.38. The van der Waals surface area contributed by atoms with Gasteiger partial charge in [0.2, 0.25) is 5.91 Å². The molecule has 1 aromatic heterocycles. The van der Waals surface area contributed by atoms with Crippen molar-refractivity contribution in [3.63, 3.8) is 0 Å². The normalized spacial score (nSPS) is 11.8. The van der Waals surface area contributed by atoms with Crippen molar-refractivity contribution in [3.8, 4) is 16.9 Å². The summed E-state index contributed by atoms with van der Waals surface area (Å²) in [6, 6.07) is 11.5. The predicted molar refractivity (Wildman–Crippen MR) is 97.6 cm³/mol. The van der Waals surface area contributed by atoms with Crippen molar-refractivity contribution in [1.29, 1.82) is 0 Å². The number of nitrogens with one attached hydrogen (secondary N) is 2. The van der Waals surface area contributed by atoms with Gasteiger partial charge in [-0.15, -0.1) is 0 Å². The molecule has 128 valence electrons. The van der Waals surface area contributed by atoms with Crippen molar-refractivity contribution in [2.24, 2.45) is 5.73 Å². The molecule has 6 nitrogen and oxygen atoms in total. The SMILES string of the molecule is COc1cc(NC(=O)[C@@H](N)c2ccccc2Cl)ccc1-c1cn[nH]c1. The Hall–Kier alpha value is -2.83. The first-order valence-corrected chi connectivity index (χ1v) is 7.96. The van der Waals surface area contributed by atoms with E-state index in [1.54, 1.807) is 55.9 Å². The summed E-state index contributed by atoms with van der Waals surface area (Å²) in [6.07, 6.45) is 3.47. The molecule has 3 rings (SSSR count). The van der Waals surface area contributed by atoms with E-state index in [2.05, 4.69) is 15.5 Å². The molecule has 0 fully saturated rings. The number of hydrogen-bond acceptors (Lipinski definition) is 4. The van der Waals surface area contributed by atoms with Crippen molar-refractivity contribution in [3.05, 3.63) is 65.4 Å². The average molecular weight is 357 g/mol. The number of H-pyrrole nitrogens is 1. The van der Waals surface area contributed by atoms with E-state index >= 15 is 0 Å². The minimum atomic E-state index is -0.867. The molecule has 0 aliphatic carbocycles. The highest BCUT2D eigenvalue weighted by Gasteiger charge is 2.19. The molecule has 25 heavy (non-hydrogen) atoms. The van der Waals surface area contributed by atoms with Crippen LogP contribution in [0.15, 0.2) is 54.9 Å². The molecule has 0 spiro atoms. The summed E-state index contributed by atoms with van der Waals surface area (Å²) in [7, 11) is 1.57. The molecule has 3 aromatic rings. The molecule has 0 unspecified atom stereocenters. The minimum Gasteiger partial charge on any atom is -0.496 e. The zero-order valence-electron chi connectivity index (χ0n) is 13.5. The highest BCUT2D eigenvalue weighted by Crippen LogP contribution is 2.32. The standard InChI is InChI=1S/C18H17ClN4O2/c1-25-16-8-12(6-7-13(16)11-9-21-22-10-11)23-18(24)17(20)14-4-2-3-5-15(14)19/h2-10,17H,20H2,1H3,(H,21,22)(H,23,24)/t17-/m0/s1. The Labute approximate surface area is 150 Å². The van der Waals surface area contributed by atoms with Crippen LogP contribution in [-0.2, 0) is 4.79 Å². The molecule has 0 aliphatic heterocycles. The Morgan fingerprint density at radius 1 is 1.32 bits per heavy atom. The molecule has 2 aromatic carbocycles. The number of aromatic amines is 1. The van der Waals surface area contributed by atoms with E-state index in [1.807, 2.05) is 6.07 Å². The van der Waals surface area contributed by atoms with E-state index < -0.39 is 6.04 Å². The number of amides is 1. The molecule has 0 saturated carbocycles. The van der Waals surface area contributed by atoms with Crippen LogP contribution in [0, 0.1) is 0 Å². The highest BCUT2D eigenvalue weighted by molar-refractivity contribution is 6.31. The number of rotatable bonds is 5. The lowest BCUT2D eigenvalue weighted by Crippen LogP contribution is -2.28. The minimum absolute atomic E-state index is 0.355. The van der Waals surface area contributed by atoms with Gasteiger partial charge in [0, 0.05) is 34.1 Å². The third-order valence-electron chi connectivity index (χ3n) is 3.80. The van der Waals surface area contributed by atoms with Crippen LogP contribution < -0.4 is 15.8 Å². The molecule has 1 amide bonds. The molecule has 0 aliphatic rings. The molecular formula is C18H17ClN4O2. The number of carbonyl (C=O) groups excluding carboxylic acids is 1. The van der Waals surface area contributed by atoms with Crippen LogP contribution in [0.4, 0.5) is 5.69 Å². The summed E-state index contributed by atoms with van der Waals surface area (Å²) in [5.74, 6) is 0.261. The van der Waals surface area contributed by atoms with Crippen molar-refractivity contribution in [1.82, 2.24) is 10.2 Å². The number of nitrogens with zero attached hydrogens (tertiary/aromatic N) is 1. The van der Waals surface area contributed by atoms with Crippen LogP contribution >= 0.6 is 11.6 Å². The number of methoxy groups -OCH3 is 1. The first-order chi connectivity index (χ1) is 12.1. The van der Waals surface area contributed by atoms with Gasteiger partial charge in [-0.1, -0.05) is 29.8 Å². The van der Waals surface area contributed by atoms with Crippen LogP contribution in [-0.4, -0.2) is 23.2 Å². The Balaban J connectivity index is 1.81. The van der Waals surface area contributed by atoms with Crippen molar-refractivity contribution < 1.29 is 9.53 Å². The van der Waals surface area contributed by atoms with Gasteiger partial charge in [0.25, 0.3) is 0 Å². The summed E-state index contributed by atoms with van der Waals surface area (Å²) < 4.78 is 5.41. The topological polar surface area (TPSA) is 93.0 Å². The fourth-order valence-electron chi connectivity index (χ4n) is 2.49. The Morgan fingerprint density at radius 2 is 2.12 bits per heavy atom. The number of benzene rings is 2. The maximum Gasteiger partial charge on any atom is 0.245 e. The number of hydrogen-bond donors (Lipinski definition) is 3. The van der Waals surface area contributed by atoms with E-state index in [-0.39, 0.29) is 5.91 Å². The first kappa shape index (κ1) is 17.0. The predicted octanol–water partition coefficient (Wildman–Crippen LogP) is 3.38. The van der Waals surface area contributed by atoms with Gasteiger partial charge in [-0.2, -0.15) is 5.10 Å². The molecule has 7 heteroatoms. The summed E-state index contributed by atoms with van der Waals surface area (Å²) in [4.78, 5) is 12.4. The van der Waals surface area contributed by atoms with E-state index in [0.717, 1.165) is 11.1 Å². The molecule has 1 heterocycles. The third kappa shape index (κ3) is 3.65. The second-order valence-electron chi connectivity index (χ2n) is 5.39. The number of anilines is 1. The van der Waals surface area contributed by atoms with Gasteiger partial charge < -0.3 is 15.8 Å². The fraction of sp³-hybridized carbons (Fsp3) is 0.111. The smallest absolute Gasteiger partial charge is 0.245 e. The molecule has 1 atom stereocenters. The van der Waals surface area contributed by atoms with Crippen LogP contribution in [0.25, 0.3) is 11.1 Å². The number of aromatic nitrogens is 2. The molecule has 4 N–H and O–H groups in total. The zero-order valence-corrected chi connectivity index (χ0v) is 14.2. The Kier molecular flexibility index (Phi) is 5.02. The quantitative estimate of drug-likeness (QED) is 0.653. The fourth-order valence-corrected chi connectivity index (χ4v) is 2.75. The monoisotopic (exact) mass is 356 g/mol. The third-order valence-corrected chi connectivity index (χ3v) is 4.15. The lowest BCUT2D eigenvalue weighted by molar-refractivity contribution is -0.117. The van der Waals surface area contributed by atoms with Gasteiger partial charge in [-0.3, -0.25) is 9.89 Å². The lowest BCUT2D eigenvalue weighted by Gasteiger charge is -2.15. The average Bonchev–Trinajstić information content (AvgIpc) is 3.15. The molecule has 0 saturated heterocycles. The largest absolute Gasteiger partial charge is 0.496 e. The lowest BCUT2D eigenvalue weighted by atomic mass is 10.1. The number of nitrogens with two attached hydrogens (primary N) is 1. The Bertz CT molecular complexity index is 881. The van der Waals surface area contributed by atoms with Crippen molar-refractivity contribution >= 4 is 23.2 Å². The van der Waals surface area contributed by atoms with E-state index in [0.29, 0.717) is 22.0 Å². The van der Waals surface area contributed by atoms with Crippen LogP contribution in [0.1, 0.15) is 11.6 Å². The maximum absolute atomic E-state index is 12.4. The summed E-state index contributed by atoms with van der Waals surface area (Å²) in [6.45, 7) is 0. The van der Waals surface area contributed by atoms with Gasteiger partial charge in [-0.05, 0) is 23.8 Å². The summed E-state index contributed by atoms with van der Waals surface area (Å²) in [5, 5.41) is 9.94. The van der Waals surface area contributed by atoms with Crippen molar-refractivity contribution in [2.45, 2.75) is 6.04 Å². The second-order valence-corrected chi connectivity index (χ2v) is 5.80. The zero-order chi connectivity index (χ0) is 17.8. The number of ether oxygens (including phenoxy) is 1. The van der Waals surface area contributed by atoms with E-state index in [4.69, 9.17) is 22.1 Å². The van der Waals surface area contributed by atoms with Gasteiger partial charge in [-0.25, -0.2) is 0 Å². The Morgan fingerprint density at radius 3 is 2.80 bits per heavy atom. The molecule has 0 radical (unpaired) electrons. The van der Waals surface area contributed by atoms with Gasteiger partial charge in [0.05, 0.1) is 13.3 Å². The van der Waals surface area contributed by atoms with Crippen LogP contribution in [0.5, 0.6) is 5.75 Å². The van der Waals surface area contributed by atoms with Crippen LogP contribution in [0.3, 0.4) is 0 Å². The van der Waals surface area contributed by atoms with Gasteiger partial charge in [0.1, 0.15) is 11.8 Å². The van der Waals surface area contributed by atoms with Gasteiger partial charge in [0.15, 0.2) is 0 Å². The number of halogens is 1. The molecular weight excluding hydrogens is 340 g/mol.